The van der Waals surface area contributed by atoms with Crippen molar-refractivity contribution in [2.75, 3.05) is 19.5 Å². The third-order valence-electron chi connectivity index (χ3n) is 7.24. The van der Waals surface area contributed by atoms with Crippen LogP contribution in [0.1, 0.15) is 62.8 Å². The van der Waals surface area contributed by atoms with Crippen LogP contribution in [0.5, 0.6) is 0 Å². The Hall–Kier alpha value is -3.91. The minimum atomic E-state index is -0.696. The maximum absolute atomic E-state index is 13.0. The highest BCUT2D eigenvalue weighted by molar-refractivity contribution is 7.14. The topological polar surface area (TPSA) is 89.5 Å². The van der Waals surface area contributed by atoms with E-state index in [1.807, 2.05) is 24.3 Å². The molecule has 0 amide bonds. The number of rotatable bonds is 6. The summed E-state index contributed by atoms with van der Waals surface area (Å²) in [5.74, 6) is -1.72. The second-order valence-electron chi connectivity index (χ2n) is 11.1. The zero-order chi connectivity index (χ0) is 29.4. The number of hydrogen-bond acceptors (Lipinski definition) is 8. The smallest absolute Gasteiger partial charge is 0.336 e. The number of thiazole rings is 1. The van der Waals surface area contributed by atoms with Crippen molar-refractivity contribution in [2.24, 2.45) is 0 Å². The molecule has 1 aliphatic rings. The van der Waals surface area contributed by atoms with Crippen molar-refractivity contribution < 1.29 is 19.1 Å². The second-order valence-corrected chi connectivity index (χ2v) is 12.0. The molecule has 0 spiro atoms. The summed E-state index contributed by atoms with van der Waals surface area (Å²) in [5, 5.41) is 9.36. The van der Waals surface area contributed by atoms with Gasteiger partial charge >= 0.3 is 11.9 Å². The van der Waals surface area contributed by atoms with Gasteiger partial charge in [0, 0.05) is 28.0 Å². The largest absolute Gasteiger partial charge is 0.466 e. The number of nitrogens with one attached hydrogen (secondary N) is 2. The fraction of sp³-hybridized carbons (Fsp3) is 0.344. The average molecular weight is 560 g/mol. The van der Waals surface area contributed by atoms with Gasteiger partial charge in [0.25, 0.3) is 0 Å². The van der Waals surface area contributed by atoms with Crippen LogP contribution in [0.15, 0.2) is 64.3 Å². The molecule has 0 bridgehead atoms. The molecule has 4 rings (SSSR count). The number of methoxy groups -OCH3 is 2. The number of nitrogens with zero attached hydrogens (tertiary/aromatic N) is 1. The van der Waals surface area contributed by atoms with Gasteiger partial charge < -0.3 is 20.1 Å². The molecule has 0 saturated heterocycles. The summed E-state index contributed by atoms with van der Waals surface area (Å²) in [6.07, 6.45) is 0. The number of esters is 2. The molecule has 0 radical (unpaired) electrons. The van der Waals surface area contributed by atoms with Gasteiger partial charge in [-0.25, -0.2) is 14.6 Å². The Bertz CT molecular complexity index is 1480. The summed E-state index contributed by atoms with van der Waals surface area (Å²) in [6, 6.07) is 12.1. The number of benzene rings is 2. The molecule has 3 aromatic rings. The summed E-state index contributed by atoms with van der Waals surface area (Å²) < 4.78 is 10.3. The van der Waals surface area contributed by atoms with Gasteiger partial charge in [-0.15, -0.1) is 11.3 Å². The normalized spacial score (nSPS) is 14.2. The first-order chi connectivity index (χ1) is 18.9. The third kappa shape index (κ3) is 5.54. The van der Waals surface area contributed by atoms with Gasteiger partial charge in [0.05, 0.1) is 37.0 Å². The van der Waals surface area contributed by atoms with Crippen LogP contribution < -0.4 is 10.6 Å². The molecule has 0 atom stereocenters. The van der Waals surface area contributed by atoms with Gasteiger partial charge in [0.2, 0.25) is 0 Å². The van der Waals surface area contributed by atoms with E-state index in [1.54, 1.807) is 13.8 Å². The van der Waals surface area contributed by atoms with Crippen molar-refractivity contribution in [1.29, 1.82) is 0 Å². The predicted octanol–water partition coefficient (Wildman–Crippen LogP) is 7.05. The van der Waals surface area contributed by atoms with Crippen LogP contribution in [0.2, 0.25) is 0 Å². The number of allylic oxidation sites excluding steroid dienone is 2. The van der Waals surface area contributed by atoms with E-state index in [0.717, 1.165) is 22.5 Å². The molecular formula is C32H37N3O4S. The Kier molecular flexibility index (Phi) is 8.21. The third-order valence-corrected chi connectivity index (χ3v) is 8.00. The van der Waals surface area contributed by atoms with Gasteiger partial charge in [-0.05, 0) is 61.4 Å². The SMILES string of the molecule is COC(=O)C1=C(C)NC(C)=C(C(=O)OC)C1c1ccccc1Nc1nc(-c2c(C)cc(C(C)(C)C)cc2C)cs1. The molecule has 0 aliphatic carbocycles. The number of carbonyl (C=O) groups excluding carboxylic acids is 2. The zero-order valence-electron chi connectivity index (χ0n) is 24.6. The molecular weight excluding hydrogens is 522 g/mol. The highest BCUT2D eigenvalue weighted by Gasteiger charge is 2.38. The predicted molar refractivity (Wildman–Crippen MR) is 161 cm³/mol. The molecule has 1 aromatic heterocycles. The summed E-state index contributed by atoms with van der Waals surface area (Å²) in [4.78, 5) is 30.9. The van der Waals surface area contributed by atoms with E-state index >= 15 is 0 Å². The standard InChI is InChI=1S/C32H37N3O4S/c1-17-14-21(32(5,6)7)15-18(2)25(17)24-16-40-31(35-24)34-23-13-11-10-12-22(23)28-26(29(36)38-8)19(3)33-20(4)27(28)30(37)39-9/h10-16,28,33H,1-9H3,(H,34,35). The number of carbonyl (C=O) groups is 2. The molecule has 0 fully saturated rings. The number of hydrogen-bond donors (Lipinski definition) is 2. The molecule has 8 heteroatoms. The monoisotopic (exact) mass is 559 g/mol. The van der Waals surface area contributed by atoms with Crippen molar-refractivity contribution in [3.63, 3.8) is 0 Å². The number of aromatic nitrogens is 1. The fourth-order valence-electron chi connectivity index (χ4n) is 5.29. The van der Waals surface area contributed by atoms with E-state index in [-0.39, 0.29) is 5.41 Å². The summed E-state index contributed by atoms with van der Waals surface area (Å²) in [7, 11) is 2.67. The summed E-state index contributed by atoms with van der Waals surface area (Å²) in [6.45, 7) is 14.5. The average Bonchev–Trinajstić information content (AvgIpc) is 3.34. The van der Waals surface area contributed by atoms with E-state index in [9.17, 15) is 9.59 Å². The fourth-order valence-corrected chi connectivity index (χ4v) is 6.00. The van der Waals surface area contributed by atoms with Gasteiger partial charge in [-0.3, -0.25) is 0 Å². The first kappa shape index (κ1) is 29.1. The van der Waals surface area contributed by atoms with Gasteiger partial charge in [-0.1, -0.05) is 51.1 Å². The highest BCUT2D eigenvalue weighted by atomic mass is 32.1. The number of dihydropyridines is 1. The van der Waals surface area contributed by atoms with Crippen LogP contribution in [0.3, 0.4) is 0 Å². The Morgan fingerprint density at radius 1 is 0.925 bits per heavy atom. The maximum atomic E-state index is 13.0. The number of aryl methyl sites for hydroxylation is 2. The molecule has 40 heavy (non-hydrogen) atoms. The van der Waals surface area contributed by atoms with E-state index in [2.05, 4.69) is 62.8 Å². The van der Waals surface area contributed by atoms with E-state index < -0.39 is 17.9 Å². The molecule has 1 aliphatic heterocycles. The molecule has 210 valence electrons. The van der Waals surface area contributed by atoms with E-state index in [4.69, 9.17) is 14.5 Å². The van der Waals surface area contributed by atoms with E-state index in [1.165, 1.54) is 42.2 Å². The molecule has 2 N–H and O–H groups in total. The second kappa shape index (κ2) is 11.3. The molecule has 7 nitrogen and oxygen atoms in total. The lowest BCUT2D eigenvalue weighted by molar-refractivity contribution is -0.137. The van der Waals surface area contributed by atoms with Crippen molar-refractivity contribution >= 4 is 34.1 Å². The lowest BCUT2D eigenvalue weighted by Gasteiger charge is -2.31. The van der Waals surface area contributed by atoms with Crippen molar-refractivity contribution in [3.05, 3.63) is 86.6 Å². The van der Waals surface area contributed by atoms with Crippen LogP contribution in [0.4, 0.5) is 10.8 Å². The van der Waals surface area contributed by atoms with Crippen molar-refractivity contribution in [3.8, 4) is 11.3 Å². The molecule has 2 heterocycles. The Balaban J connectivity index is 1.77. The first-order valence-electron chi connectivity index (χ1n) is 13.2. The molecule has 2 aromatic carbocycles. The Labute approximate surface area is 240 Å². The quantitative estimate of drug-likeness (QED) is 0.313. The molecule has 0 saturated carbocycles. The maximum Gasteiger partial charge on any atom is 0.336 e. The lowest BCUT2D eigenvalue weighted by Crippen LogP contribution is -2.32. The zero-order valence-corrected chi connectivity index (χ0v) is 25.4. The Morgan fingerprint density at radius 2 is 1.48 bits per heavy atom. The number of anilines is 2. The van der Waals surface area contributed by atoms with Gasteiger partial charge in [0.1, 0.15) is 0 Å². The van der Waals surface area contributed by atoms with Crippen LogP contribution >= 0.6 is 11.3 Å². The lowest BCUT2D eigenvalue weighted by atomic mass is 9.79. The van der Waals surface area contributed by atoms with Crippen molar-refractivity contribution in [2.45, 2.75) is 59.8 Å². The Morgan fingerprint density at radius 3 is 2.00 bits per heavy atom. The van der Waals surface area contributed by atoms with E-state index in [0.29, 0.717) is 27.7 Å². The van der Waals surface area contributed by atoms with Crippen LogP contribution in [-0.4, -0.2) is 31.1 Å². The van der Waals surface area contributed by atoms with Crippen molar-refractivity contribution in [1.82, 2.24) is 10.3 Å². The highest BCUT2D eigenvalue weighted by Crippen LogP contribution is 2.43. The summed E-state index contributed by atoms with van der Waals surface area (Å²) in [5.41, 5.74) is 9.18. The number of para-hydroxylation sites is 1. The number of ether oxygens (including phenoxy) is 2. The van der Waals surface area contributed by atoms with Crippen LogP contribution in [0, 0.1) is 13.8 Å². The van der Waals surface area contributed by atoms with Crippen LogP contribution in [0.25, 0.3) is 11.3 Å². The minimum absolute atomic E-state index is 0.0624. The van der Waals surface area contributed by atoms with Gasteiger partial charge in [0.15, 0.2) is 5.13 Å². The molecule has 0 unspecified atom stereocenters. The van der Waals surface area contributed by atoms with Gasteiger partial charge in [-0.2, -0.15) is 0 Å². The minimum Gasteiger partial charge on any atom is -0.466 e. The summed E-state index contributed by atoms with van der Waals surface area (Å²) >= 11 is 1.50. The van der Waals surface area contributed by atoms with Crippen LogP contribution in [-0.2, 0) is 24.5 Å². The first-order valence-corrected chi connectivity index (χ1v) is 14.0.